The van der Waals surface area contributed by atoms with Gasteiger partial charge in [0.25, 0.3) is 0 Å². The summed E-state index contributed by atoms with van der Waals surface area (Å²) in [6.07, 6.45) is 1.36. The van der Waals surface area contributed by atoms with Crippen LogP contribution >= 0.6 is 0 Å². The van der Waals surface area contributed by atoms with Gasteiger partial charge in [-0.25, -0.2) is 0 Å². The topological polar surface area (TPSA) is 40.5 Å². The molecule has 50 valence electrons. The average Bonchev–Trinajstić information content (AvgIpc) is 1.46. The summed E-state index contributed by atoms with van der Waals surface area (Å²) in [5.41, 5.74) is -0.573. The SMILES string of the molecule is [2H]C([2H])([2H])C12CC(B(O)O)(C1)C2. The molecule has 0 atom stereocenters. The highest BCUT2D eigenvalue weighted by Crippen LogP contribution is 2.78. The van der Waals surface area contributed by atoms with E-state index in [9.17, 15) is 0 Å². The minimum absolute atomic E-state index is 0.453. The summed E-state index contributed by atoms with van der Waals surface area (Å²) >= 11 is 0. The molecular formula is C6H11BO2. The van der Waals surface area contributed by atoms with Gasteiger partial charge in [-0.05, 0) is 24.7 Å². The second-order valence-electron chi connectivity index (χ2n) is 3.55. The van der Waals surface area contributed by atoms with Gasteiger partial charge in [-0.1, -0.05) is 6.85 Å². The molecule has 2 nitrogen and oxygen atoms in total. The summed E-state index contributed by atoms with van der Waals surface area (Å²) in [7, 11) is -1.33. The minimum Gasteiger partial charge on any atom is -0.427 e. The third kappa shape index (κ3) is 0.497. The lowest BCUT2D eigenvalue weighted by Crippen LogP contribution is -2.61. The molecule has 3 rings (SSSR count). The smallest absolute Gasteiger partial charge is 0.427 e. The van der Waals surface area contributed by atoms with Crippen LogP contribution in [0.2, 0.25) is 5.31 Å². The van der Waals surface area contributed by atoms with E-state index in [0.29, 0.717) is 19.3 Å². The molecule has 2 bridgehead atoms. The Morgan fingerprint density at radius 2 is 2.00 bits per heavy atom. The van der Waals surface area contributed by atoms with Crippen LogP contribution in [0.5, 0.6) is 0 Å². The largest absolute Gasteiger partial charge is 0.458 e. The van der Waals surface area contributed by atoms with Crippen molar-refractivity contribution < 1.29 is 14.2 Å². The molecule has 0 aliphatic heterocycles. The average molecular weight is 129 g/mol. The fourth-order valence-electron chi connectivity index (χ4n) is 2.14. The van der Waals surface area contributed by atoms with E-state index in [-0.39, 0.29) is 0 Å². The first-order valence-electron chi connectivity index (χ1n) is 4.68. The molecule has 0 unspecified atom stereocenters. The van der Waals surface area contributed by atoms with Crippen LogP contribution in [0, 0.1) is 5.41 Å². The highest BCUT2D eigenvalue weighted by atomic mass is 16.4. The van der Waals surface area contributed by atoms with E-state index in [1.807, 2.05) is 0 Å². The number of rotatable bonds is 1. The molecule has 0 radical (unpaired) electrons. The summed E-state index contributed by atoms with van der Waals surface area (Å²) < 4.78 is 21.7. The molecule has 0 heterocycles. The van der Waals surface area contributed by atoms with E-state index in [0.717, 1.165) is 0 Å². The van der Waals surface area contributed by atoms with Gasteiger partial charge in [0, 0.05) is 9.43 Å². The molecule has 0 aromatic carbocycles. The Labute approximate surface area is 59.2 Å². The summed E-state index contributed by atoms with van der Waals surface area (Å²) in [5, 5.41) is 17.4. The van der Waals surface area contributed by atoms with Crippen molar-refractivity contribution in [3.8, 4) is 0 Å². The second-order valence-corrected chi connectivity index (χ2v) is 3.55. The zero-order chi connectivity index (χ0) is 9.20. The quantitative estimate of drug-likeness (QED) is 0.503. The molecule has 9 heavy (non-hydrogen) atoms. The highest BCUT2D eigenvalue weighted by Gasteiger charge is 2.69. The van der Waals surface area contributed by atoms with Crippen LogP contribution in [-0.4, -0.2) is 17.2 Å². The standard InChI is InChI=1S/C6H11BO2/c1-5-2-6(3-5,4-5)7(8)9/h8-9H,2-4H2,1H3/i1D3. The van der Waals surface area contributed by atoms with E-state index >= 15 is 0 Å². The molecule has 0 amide bonds. The van der Waals surface area contributed by atoms with Crippen LogP contribution in [0.15, 0.2) is 0 Å². The van der Waals surface area contributed by atoms with Crippen molar-refractivity contribution >= 4 is 7.12 Å². The van der Waals surface area contributed by atoms with Gasteiger partial charge in [0.2, 0.25) is 0 Å². The monoisotopic (exact) mass is 129 g/mol. The van der Waals surface area contributed by atoms with Crippen molar-refractivity contribution in [2.45, 2.75) is 31.4 Å². The van der Waals surface area contributed by atoms with Crippen LogP contribution in [-0.2, 0) is 0 Å². The summed E-state index contributed by atoms with van der Waals surface area (Å²) in [6.45, 7) is -1.91. The molecule has 3 fully saturated rings. The highest BCUT2D eigenvalue weighted by molar-refractivity contribution is 6.46. The van der Waals surface area contributed by atoms with E-state index < -0.39 is 24.7 Å². The first-order valence-corrected chi connectivity index (χ1v) is 3.18. The Kier molecular flexibility index (Phi) is 0.455. The first kappa shape index (κ1) is 3.40. The molecule has 3 aliphatic carbocycles. The number of hydrogen-bond donors (Lipinski definition) is 2. The molecule has 3 heteroatoms. The molecule has 0 aromatic rings. The number of hydrogen-bond acceptors (Lipinski definition) is 2. The van der Waals surface area contributed by atoms with E-state index in [2.05, 4.69) is 0 Å². The predicted molar refractivity (Wildman–Crippen MR) is 34.8 cm³/mol. The maximum Gasteiger partial charge on any atom is 0.458 e. The lowest BCUT2D eigenvalue weighted by molar-refractivity contribution is -0.0909. The van der Waals surface area contributed by atoms with Crippen molar-refractivity contribution in [1.29, 1.82) is 0 Å². The lowest BCUT2D eigenvalue weighted by atomic mass is 9.25. The maximum atomic E-state index is 8.92. The molecule has 2 N–H and O–H groups in total. The second kappa shape index (κ2) is 1.20. The van der Waals surface area contributed by atoms with Crippen LogP contribution in [0.4, 0.5) is 0 Å². The van der Waals surface area contributed by atoms with Gasteiger partial charge < -0.3 is 10.0 Å². The zero-order valence-electron chi connectivity index (χ0n) is 8.09. The van der Waals surface area contributed by atoms with Crippen molar-refractivity contribution in [3.05, 3.63) is 0 Å². The van der Waals surface area contributed by atoms with Gasteiger partial charge in [0.1, 0.15) is 0 Å². The summed E-state index contributed by atoms with van der Waals surface area (Å²) in [6, 6.07) is 0. The molecular weight excluding hydrogens is 115 g/mol. The molecule has 3 saturated carbocycles. The fraction of sp³-hybridized carbons (Fsp3) is 1.00. The van der Waals surface area contributed by atoms with E-state index in [1.54, 1.807) is 0 Å². The summed E-state index contributed by atoms with van der Waals surface area (Å²) in [4.78, 5) is 0. The van der Waals surface area contributed by atoms with Crippen molar-refractivity contribution in [3.63, 3.8) is 0 Å². The van der Waals surface area contributed by atoms with Gasteiger partial charge in [0.05, 0.1) is 0 Å². The van der Waals surface area contributed by atoms with E-state index in [1.165, 1.54) is 0 Å². The van der Waals surface area contributed by atoms with Crippen molar-refractivity contribution in [2.75, 3.05) is 0 Å². The van der Waals surface area contributed by atoms with Crippen molar-refractivity contribution in [1.82, 2.24) is 0 Å². The Balaban J connectivity index is 2.05. The lowest BCUT2D eigenvalue weighted by Gasteiger charge is -2.69. The predicted octanol–water partition coefficient (Wildman–Crippen LogP) is 0.403. The third-order valence-electron chi connectivity index (χ3n) is 2.62. The Hall–Kier alpha value is -0.0151. The van der Waals surface area contributed by atoms with Gasteiger partial charge in [-0.2, -0.15) is 0 Å². The normalized spacial score (nSPS) is 60.0. The third-order valence-corrected chi connectivity index (χ3v) is 2.62. The Morgan fingerprint density at radius 1 is 1.44 bits per heavy atom. The Bertz CT molecular complexity index is 206. The summed E-state index contributed by atoms with van der Waals surface area (Å²) in [5.74, 6) is 0. The molecule has 0 aromatic heterocycles. The molecule has 3 aliphatic rings. The van der Waals surface area contributed by atoms with Gasteiger partial charge in [-0.3, -0.25) is 0 Å². The van der Waals surface area contributed by atoms with Crippen LogP contribution in [0.3, 0.4) is 0 Å². The minimum atomic E-state index is -1.91. The molecule has 0 spiro atoms. The first-order chi connectivity index (χ1) is 5.31. The van der Waals surface area contributed by atoms with Crippen LogP contribution in [0.1, 0.15) is 30.2 Å². The fourth-order valence-corrected chi connectivity index (χ4v) is 2.14. The molecule has 0 saturated heterocycles. The Morgan fingerprint density at radius 3 is 2.33 bits per heavy atom. The van der Waals surface area contributed by atoms with Gasteiger partial charge >= 0.3 is 7.12 Å². The van der Waals surface area contributed by atoms with Gasteiger partial charge in [-0.15, -0.1) is 0 Å². The van der Waals surface area contributed by atoms with Gasteiger partial charge in [0.15, 0.2) is 0 Å². The van der Waals surface area contributed by atoms with Crippen LogP contribution in [0.25, 0.3) is 0 Å². The maximum absolute atomic E-state index is 8.92. The zero-order valence-corrected chi connectivity index (χ0v) is 5.09. The van der Waals surface area contributed by atoms with Crippen molar-refractivity contribution in [2.24, 2.45) is 5.41 Å². The van der Waals surface area contributed by atoms with Crippen LogP contribution < -0.4 is 0 Å². The van der Waals surface area contributed by atoms with E-state index in [4.69, 9.17) is 14.2 Å².